The van der Waals surface area contributed by atoms with Crippen LogP contribution < -0.4 is 0 Å². The van der Waals surface area contributed by atoms with Gasteiger partial charge in [0.05, 0.1) is 17.5 Å². The van der Waals surface area contributed by atoms with Gasteiger partial charge in [0.15, 0.2) is 9.84 Å². The molecule has 0 saturated carbocycles. The van der Waals surface area contributed by atoms with Crippen LogP contribution in [-0.2, 0) is 21.1 Å². The zero-order valence-corrected chi connectivity index (χ0v) is 15.7. The van der Waals surface area contributed by atoms with E-state index in [1.807, 2.05) is 32.9 Å². The molecule has 3 rings (SSSR count). The van der Waals surface area contributed by atoms with Crippen LogP contribution in [-0.4, -0.2) is 71.6 Å². The number of ether oxygens (including phenoxy) is 1. The van der Waals surface area contributed by atoms with E-state index in [4.69, 9.17) is 4.74 Å². The maximum Gasteiger partial charge on any atom is 0.410 e. The van der Waals surface area contributed by atoms with Gasteiger partial charge in [-0.15, -0.1) is 0 Å². The fourth-order valence-electron chi connectivity index (χ4n) is 3.49. The highest BCUT2D eigenvalue weighted by Crippen LogP contribution is 2.29. The standard InChI is InChI=1S/C17H25N3O4S/c1-17(2,3)24-16(21)20-8-7-19(10-13-5-4-6-18-9-13)14-11-25(22,23)12-15(14)20/h4-6,9,14-15H,7-8,10-12H2,1-3H3. The summed E-state index contributed by atoms with van der Waals surface area (Å²) in [5, 5.41) is 0. The van der Waals surface area contributed by atoms with Crippen LogP contribution in [0.5, 0.6) is 0 Å². The Morgan fingerprint density at radius 2 is 2.00 bits per heavy atom. The summed E-state index contributed by atoms with van der Waals surface area (Å²) in [4.78, 5) is 20.4. The van der Waals surface area contributed by atoms with Crippen molar-refractivity contribution in [1.29, 1.82) is 0 Å². The van der Waals surface area contributed by atoms with Crippen LogP contribution in [0, 0.1) is 0 Å². The van der Waals surface area contributed by atoms with Crippen molar-refractivity contribution < 1.29 is 17.9 Å². The molecule has 2 aliphatic rings. The Kier molecular flexibility index (Phi) is 4.76. The summed E-state index contributed by atoms with van der Waals surface area (Å²) in [6.07, 6.45) is 3.08. The lowest BCUT2D eigenvalue weighted by Gasteiger charge is -2.43. The van der Waals surface area contributed by atoms with Gasteiger partial charge in [-0.1, -0.05) is 6.07 Å². The molecule has 7 nitrogen and oxygen atoms in total. The van der Waals surface area contributed by atoms with Crippen molar-refractivity contribution in [2.75, 3.05) is 24.6 Å². The molecule has 25 heavy (non-hydrogen) atoms. The second-order valence-electron chi connectivity index (χ2n) is 7.72. The molecule has 0 aliphatic carbocycles. The molecule has 2 unspecified atom stereocenters. The second-order valence-corrected chi connectivity index (χ2v) is 9.87. The van der Waals surface area contributed by atoms with E-state index in [0.29, 0.717) is 19.6 Å². The number of sulfone groups is 1. The van der Waals surface area contributed by atoms with Crippen molar-refractivity contribution in [1.82, 2.24) is 14.8 Å². The Labute approximate surface area is 148 Å². The second kappa shape index (κ2) is 6.57. The number of pyridine rings is 1. The molecule has 3 heterocycles. The van der Waals surface area contributed by atoms with Crippen LogP contribution in [0.15, 0.2) is 24.5 Å². The maximum absolute atomic E-state index is 12.5. The zero-order valence-electron chi connectivity index (χ0n) is 14.9. The first-order chi connectivity index (χ1) is 11.6. The van der Waals surface area contributed by atoms with Crippen LogP contribution in [0.25, 0.3) is 0 Å². The van der Waals surface area contributed by atoms with Gasteiger partial charge in [-0.05, 0) is 32.4 Å². The monoisotopic (exact) mass is 367 g/mol. The number of hydrogen-bond acceptors (Lipinski definition) is 6. The fourth-order valence-corrected chi connectivity index (χ4v) is 5.51. The minimum Gasteiger partial charge on any atom is -0.444 e. The number of aromatic nitrogens is 1. The first-order valence-corrected chi connectivity index (χ1v) is 10.3. The van der Waals surface area contributed by atoms with Gasteiger partial charge in [0.2, 0.25) is 0 Å². The van der Waals surface area contributed by atoms with Crippen molar-refractivity contribution in [3.05, 3.63) is 30.1 Å². The van der Waals surface area contributed by atoms with E-state index < -0.39 is 21.5 Å². The van der Waals surface area contributed by atoms with Gasteiger partial charge in [0, 0.05) is 38.1 Å². The molecule has 2 fully saturated rings. The van der Waals surface area contributed by atoms with Gasteiger partial charge in [-0.25, -0.2) is 13.2 Å². The van der Waals surface area contributed by atoms with Crippen LogP contribution in [0.4, 0.5) is 4.79 Å². The number of carbonyl (C=O) groups excluding carboxylic acids is 1. The largest absolute Gasteiger partial charge is 0.444 e. The minimum atomic E-state index is -3.17. The highest BCUT2D eigenvalue weighted by atomic mass is 32.2. The Hall–Kier alpha value is -1.67. The molecular weight excluding hydrogens is 342 g/mol. The topological polar surface area (TPSA) is 79.8 Å². The minimum absolute atomic E-state index is 0.000446. The average Bonchev–Trinajstić information content (AvgIpc) is 2.82. The average molecular weight is 367 g/mol. The summed E-state index contributed by atoms with van der Waals surface area (Å²) in [7, 11) is -3.17. The Morgan fingerprint density at radius 3 is 2.64 bits per heavy atom. The molecule has 0 N–H and O–H groups in total. The van der Waals surface area contributed by atoms with Gasteiger partial charge < -0.3 is 9.64 Å². The third kappa shape index (κ3) is 4.30. The van der Waals surface area contributed by atoms with Gasteiger partial charge in [0.1, 0.15) is 5.60 Å². The first kappa shape index (κ1) is 18.1. The summed E-state index contributed by atoms with van der Waals surface area (Å²) in [6, 6.07) is 3.29. The summed E-state index contributed by atoms with van der Waals surface area (Å²) in [5.74, 6) is 0.0810. The third-order valence-corrected chi connectivity index (χ3v) is 6.23. The van der Waals surface area contributed by atoms with Crippen LogP contribution in [0.1, 0.15) is 26.3 Å². The Morgan fingerprint density at radius 1 is 1.28 bits per heavy atom. The number of carbonyl (C=O) groups is 1. The number of rotatable bonds is 2. The summed E-state index contributed by atoms with van der Waals surface area (Å²) < 4.78 is 29.9. The lowest BCUT2D eigenvalue weighted by atomic mass is 10.0. The quantitative estimate of drug-likeness (QED) is 0.784. The molecule has 2 aliphatic heterocycles. The molecule has 2 atom stereocenters. The van der Waals surface area contributed by atoms with E-state index in [1.54, 1.807) is 17.3 Å². The molecule has 138 valence electrons. The predicted octanol–water partition coefficient (Wildman–Crippen LogP) is 1.30. The third-order valence-electron chi connectivity index (χ3n) is 4.53. The lowest BCUT2D eigenvalue weighted by molar-refractivity contribution is -0.0105. The van der Waals surface area contributed by atoms with Crippen molar-refractivity contribution in [3.63, 3.8) is 0 Å². The molecule has 0 aromatic carbocycles. The molecule has 0 radical (unpaired) electrons. The number of piperazine rings is 1. The molecule has 0 bridgehead atoms. The fraction of sp³-hybridized carbons (Fsp3) is 0.647. The van der Waals surface area contributed by atoms with E-state index in [-0.39, 0.29) is 23.6 Å². The Balaban J connectivity index is 1.79. The van der Waals surface area contributed by atoms with Gasteiger partial charge >= 0.3 is 6.09 Å². The van der Waals surface area contributed by atoms with Crippen LogP contribution >= 0.6 is 0 Å². The molecule has 1 aromatic rings. The van der Waals surface area contributed by atoms with E-state index in [2.05, 4.69) is 9.88 Å². The first-order valence-electron chi connectivity index (χ1n) is 8.48. The number of hydrogen-bond donors (Lipinski definition) is 0. The Bertz CT molecular complexity index is 730. The molecule has 1 amide bonds. The van der Waals surface area contributed by atoms with Gasteiger partial charge in [0.25, 0.3) is 0 Å². The van der Waals surface area contributed by atoms with Gasteiger partial charge in [-0.3, -0.25) is 9.88 Å². The van der Waals surface area contributed by atoms with E-state index >= 15 is 0 Å². The highest BCUT2D eigenvalue weighted by Gasteiger charge is 2.48. The lowest BCUT2D eigenvalue weighted by Crippen LogP contribution is -2.60. The number of fused-ring (bicyclic) bond motifs is 1. The summed E-state index contributed by atoms with van der Waals surface area (Å²) in [6.45, 7) is 7.15. The van der Waals surface area contributed by atoms with Crippen LogP contribution in [0.2, 0.25) is 0 Å². The molecule has 8 heteroatoms. The van der Waals surface area contributed by atoms with E-state index in [1.165, 1.54) is 0 Å². The zero-order chi connectivity index (χ0) is 18.2. The van der Waals surface area contributed by atoms with Crippen molar-refractivity contribution in [3.8, 4) is 0 Å². The van der Waals surface area contributed by atoms with Gasteiger partial charge in [-0.2, -0.15) is 0 Å². The van der Waals surface area contributed by atoms with E-state index in [9.17, 15) is 13.2 Å². The van der Waals surface area contributed by atoms with Crippen molar-refractivity contribution in [2.24, 2.45) is 0 Å². The SMILES string of the molecule is CC(C)(C)OC(=O)N1CCN(Cc2cccnc2)C2CS(=O)(=O)CC21. The summed E-state index contributed by atoms with van der Waals surface area (Å²) >= 11 is 0. The smallest absolute Gasteiger partial charge is 0.410 e. The van der Waals surface area contributed by atoms with Crippen LogP contribution in [0.3, 0.4) is 0 Å². The molecule has 1 aromatic heterocycles. The predicted molar refractivity (Wildman–Crippen MR) is 93.8 cm³/mol. The number of amides is 1. The normalized spacial score (nSPS) is 26.3. The molecule has 2 saturated heterocycles. The highest BCUT2D eigenvalue weighted by molar-refractivity contribution is 7.91. The van der Waals surface area contributed by atoms with Crippen molar-refractivity contribution >= 4 is 15.9 Å². The number of nitrogens with zero attached hydrogens (tertiary/aromatic N) is 3. The molecular formula is C17H25N3O4S. The summed E-state index contributed by atoms with van der Waals surface area (Å²) in [5.41, 5.74) is 0.438. The maximum atomic E-state index is 12.5. The van der Waals surface area contributed by atoms with Crippen molar-refractivity contribution in [2.45, 2.75) is 45.0 Å². The van der Waals surface area contributed by atoms with E-state index in [0.717, 1.165) is 5.56 Å². The molecule has 0 spiro atoms.